The summed E-state index contributed by atoms with van der Waals surface area (Å²) in [5.74, 6) is 0.0269. The first-order chi connectivity index (χ1) is 11.7. The number of aliphatic hydroxyl groups excluding tert-OH is 1. The maximum absolute atomic E-state index is 12.6. The number of hydrogen-bond acceptors (Lipinski definition) is 4. The number of amides is 1. The Morgan fingerprint density at radius 1 is 1.33 bits per heavy atom. The zero-order valence-electron chi connectivity index (χ0n) is 14.1. The van der Waals surface area contributed by atoms with Crippen LogP contribution in [0, 0.1) is 6.92 Å². The number of carbonyl (C=O) groups is 1. The van der Waals surface area contributed by atoms with Crippen LogP contribution in [0.1, 0.15) is 47.6 Å². The van der Waals surface area contributed by atoms with Crippen molar-refractivity contribution in [1.29, 1.82) is 0 Å². The Bertz CT molecular complexity index is 691. The van der Waals surface area contributed by atoms with E-state index in [-0.39, 0.29) is 12.5 Å². The molecule has 0 aliphatic heterocycles. The van der Waals surface area contributed by atoms with Gasteiger partial charge in [-0.3, -0.25) is 9.89 Å². The minimum atomic E-state index is -0.0486. The number of carbonyl (C=O) groups excluding carboxylic acids is 1. The molecule has 3 N–H and O–H groups in total. The second-order valence-electron chi connectivity index (χ2n) is 6.35. The average Bonchev–Trinajstić information content (AvgIpc) is 3.19. The molecule has 7 heteroatoms. The predicted octanol–water partition coefficient (Wildman–Crippen LogP) is 1.27. The predicted molar refractivity (Wildman–Crippen MR) is 89.4 cm³/mol. The van der Waals surface area contributed by atoms with Crippen LogP contribution in [0.25, 0.3) is 0 Å². The summed E-state index contributed by atoms with van der Waals surface area (Å²) in [5.41, 5.74) is 5.37. The van der Waals surface area contributed by atoms with Gasteiger partial charge in [0.1, 0.15) is 0 Å². The molecule has 1 aliphatic carbocycles. The van der Waals surface area contributed by atoms with Gasteiger partial charge in [0.15, 0.2) is 0 Å². The Balaban J connectivity index is 1.61. The van der Waals surface area contributed by atoms with Crippen LogP contribution in [0.15, 0.2) is 6.33 Å². The maximum Gasteiger partial charge on any atom is 0.223 e. The van der Waals surface area contributed by atoms with Crippen LogP contribution in [0.5, 0.6) is 0 Å². The van der Waals surface area contributed by atoms with E-state index in [1.54, 1.807) is 11.2 Å². The van der Waals surface area contributed by atoms with E-state index in [1.165, 1.54) is 24.1 Å². The third-order valence-corrected chi connectivity index (χ3v) is 4.72. The molecule has 3 rings (SSSR count). The molecule has 2 heterocycles. The van der Waals surface area contributed by atoms with Gasteiger partial charge in [-0.25, -0.2) is 4.98 Å². The monoisotopic (exact) mass is 331 g/mol. The first kappa shape index (κ1) is 16.7. The summed E-state index contributed by atoms with van der Waals surface area (Å²) in [6.07, 6.45) is 7.20. The Kier molecular flexibility index (Phi) is 5.30. The molecule has 0 aromatic carbocycles. The number of nitrogens with one attached hydrogen (secondary N) is 2. The van der Waals surface area contributed by atoms with Crippen LogP contribution in [0.4, 0.5) is 0 Å². The largest absolute Gasteiger partial charge is 0.395 e. The molecule has 2 aromatic rings. The number of fused-ring (bicyclic) bond motifs is 1. The number of aromatic nitrogens is 4. The molecular formula is C17H25N5O2. The molecule has 7 nitrogen and oxygen atoms in total. The van der Waals surface area contributed by atoms with Gasteiger partial charge >= 0.3 is 0 Å². The molecule has 0 fully saturated rings. The van der Waals surface area contributed by atoms with E-state index >= 15 is 0 Å². The molecule has 1 amide bonds. The highest BCUT2D eigenvalue weighted by molar-refractivity contribution is 5.76. The Labute approximate surface area is 141 Å². The lowest BCUT2D eigenvalue weighted by molar-refractivity contribution is -0.132. The number of aromatic amines is 2. The summed E-state index contributed by atoms with van der Waals surface area (Å²) in [5, 5.41) is 16.8. The molecule has 0 bridgehead atoms. The summed E-state index contributed by atoms with van der Waals surface area (Å²) in [4.78, 5) is 21.5. The minimum Gasteiger partial charge on any atom is -0.395 e. The molecule has 0 saturated carbocycles. The number of hydrogen-bond donors (Lipinski definition) is 3. The molecule has 0 radical (unpaired) electrons. The third kappa shape index (κ3) is 3.67. The van der Waals surface area contributed by atoms with Crippen LogP contribution in [-0.4, -0.2) is 49.2 Å². The van der Waals surface area contributed by atoms with Gasteiger partial charge in [-0.2, -0.15) is 5.10 Å². The molecule has 0 atom stereocenters. The number of imidazole rings is 1. The molecule has 0 saturated heterocycles. The fourth-order valence-electron chi connectivity index (χ4n) is 3.28. The van der Waals surface area contributed by atoms with E-state index in [1.807, 2.05) is 6.92 Å². The van der Waals surface area contributed by atoms with Crippen LogP contribution >= 0.6 is 0 Å². The highest BCUT2D eigenvalue weighted by atomic mass is 16.3. The highest BCUT2D eigenvalue weighted by Crippen LogP contribution is 2.23. The first-order valence-electron chi connectivity index (χ1n) is 8.61. The quantitative estimate of drug-likeness (QED) is 0.712. The summed E-state index contributed by atoms with van der Waals surface area (Å²) < 4.78 is 0. The SMILES string of the molecule is Cc1[nH]cnc1CN(CCO)C(=O)CCc1n[nH]c2c1CCCC2. The molecule has 0 unspecified atom stereocenters. The molecule has 1 aliphatic rings. The summed E-state index contributed by atoms with van der Waals surface area (Å²) in [7, 11) is 0. The zero-order valence-corrected chi connectivity index (χ0v) is 14.1. The van der Waals surface area contributed by atoms with Gasteiger partial charge < -0.3 is 15.0 Å². The minimum absolute atomic E-state index is 0.0269. The van der Waals surface area contributed by atoms with Crippen molar-refractivity contribution >= 4 is 5.91 Å². The molecule has 24 heavy (non-hydrogen) atoms. The van der Waals surface area contributed by atoms with Gasteiger partial charge in [0.05, 0.1) is 30.9 Å². The van der Waals surface area contributed by atoms with Gasteiger partial charge in [-0.15, -0.1) is 0 Å². The molecular weight excluding hydrogens is 306 g/mol. The van der Waals surface area contributed by atoms with Gasteiger partial charge in [-0.05, 0) is 38.2 Å². The van der Waals surface area contributed by atoms with Crippen LogP contribution in [-0.2, 0) is 30.6 Å². The van der Waals surface area contributed by atoms with Crippen molar-refractivity contribution in [1.82, 2.24) is 25.1 Å². The van der Waals surface area contributed by atoms with Gasteiger partial charge in [0.25, 0.3) is 0 Å². The van der Waals surface area contributed by atoms with E-state index in [0.29, 0.717) is 25.9 Å². The van der Waals surface area contributed by atoms with Crippen LogP contribution in [0.3, 0.4) is 0 Å². The van der Waals surface area contributed by atoms with Crippen molar-refractivity contribution in [3.8, 4) is 0 Å². The van der Waals surface area contributed by atoms with Gasteiger partial charge in [-0.1, -0.05) is 0 Å². The molecule has 2 aromatic heterocycles. The van der Waals surface area contributed by atoms with E-state index < -0.39 is 0 Å². The number of rotatable bonds is 7. The Morgan fingerprint density at radius 2 is 2.17 bits per heavy atom. The van der Waals surface area contributed by atoms with E-state index in [9.17, 15) is 9.90 Å². The number of aryl methyl sites for hydroxylation is 3. The smallest absolute Gasteiger partial charge is 0.223 e. The molecule has 0 spiro atoms. The maximum atomic E-state index is 12.6. The van der Waals surface area contributed by atoms with Crippen molar-refractivity contribution in [2.24, 2.45) is 0 Å². The fourth-order valence-corrected chi connectivity index (χ4v) is 3.28. The number of nitrogens with zero attached hydrogens (tertiary/aromatic N) is 3. The third-order valence-electron chi connectivity index (χ3n) is 4.72. The average molecular weight is 331 g/mol. The van der Waals surface area contributed by atoms with E-state index in [0.717, 1.165) is 29.9 Å². The lowest BCUT2D eigenvalue weighted by Gasteiger charge is -2.21. The van der Waals surface area contributed by atoms with Gasteiger partial charge in [0, 0.05) is 30.8 Å². The fraction of sp³-hybridized carbons (Fsp3) is 0.588. The Hall–Kier alpha value is -2.15. The van der Waals surface area contributed by atoms with Crippen LogP contribution < -0.4 is 0 Å². The standard InChI is InChI=1S/C17H25N5O2/c1-12-16(19-11-18-12)10-22(8-9-23)17(24)7-6-15-13-4-2-3-5-14(13)20-21-15/h11,23H,2-10H2,1H3,(H,18,19)(H,20,21). The number of aliphatic hydroxyl groups is 1. The lowest BCUT2D eigenvalue weighted by Crippen LogP contribution is -2.33. The zero-order chi connectivity index (χ0) is 16.9. The normalized spacial score (nSPS) is 13.8. The van der Waals surface area contributed by atoms with Crippen molar-refractivity contribution in [2.75, 3.05) is 13.2 Å². The molecule has 130 valence electrons. The van der Waals surface area contributed by atoms with Crippen molar-refractivity contribution in [3.05, 3.63) is 34.7 Å². The first-order valence-corrected chi connectivity index (χ1v) is 8.61. The topological polar surface area (TPSA) is 97.9 Å². The van der Waals surface area contributed by atoms with Crippen molar-refractivity contribution in [2.45, 2.75) is 52.0 Å². The highest BCUT2D eigenvalue weighted by Gasteiger charge is 2.20. The Morgan fingerprint density at radius 3 is 2.92 bits per heavy atom. The van der Waals surface area contributed by atoms with E-state index in [2.05, 4.69) is 20.2 Å². The summed E-state index contributed by atoms with van der Waals surface area (Å²) in [6, 6.07) is 0. The second kappa shape index (κ2) is 7.61. The van der Waals surface area contributed by atoms with Crippen molar-refractivity contribution < 1.29 is 9.90 Å². The van der Waals surface area contributed by atoms with Gasteiger partial charge in [0.2, 0.25) is 5.91 Å². The lowest BCUT2D eigenvalue weighted by atomic mass is 9.94. The number of H-pyrrole nitrogens is 2. The summed E-state index contributed by atoms with van der Waals surface area (Å²) >= 11 is 0. The van der Waals surface area contributed by atoms with Crippen molar-refractivity contribution in [3.63, 3.8) is 0 Å². The van der Waals surface area contributed by atoms with E-state index in [4.69, 9.17) is 0 Å². The van der Waals surface area contributed by atoms with Crippen LogP contribution in [0.2, 0.25) is 0 Å². The summed E-state index contributed by atoms with van der Waals surface area (Å²) in [6.45, 7) is 2.63. The second-order valence-corrected chi connectivity index (χ2v) is 6.35.